The van der Waals surface area contributed by atoms with Gasteiger partial charge in [-0.3, -0.25) is 0 Å². The van der Waals surface area contributed by atoms with Gasteiger partial charge in [0.05, 0.1) is 5.69 Å². The molecule has 0 radical (unpaired) electrons. The highest BCUT2D eigenvalue weighted by molar-refractivity contribution is 7.99. The summed E-state index contributed by atoms with van der Waals surface area (Å²) in [4.78, 5) is 0. The third-order valence-corrected chi connectivity index (χ3v) is 4.47. The lowest BCUT2D eigenvalue weighted by Gasteiger charge is -2.12. The number of benzene rings is 1. The van der Waals surface area contributed by atoms with E-state index in [1.54, 1.807) is 6.20 Å². The predicted octanol–water partition coefficient (Wildman–Crippen LogP) is 3.04. The van der Waals surface area contributed by atoms with Gasteiger partial charge in [0.25, 0.3) is 0 Å². The van der Waals surface area contributed by atoms with Gasteiger partial charge in [-0.15, -0.1) is 0 Å². The van der Waals surface area contributed by atoms with Crippen molar-refractivity contribution in [2.75, 3.05) is 23.4 Å². The second kappa shape index (κ2) is 5.48. The smallest absolute Gasteiger partial charge is 0.0666 e. The van der Waals surface area contributed by atoms with E-state index in [1.807, 2.05) is 16.9 Å². The molecular weight excluding hydrogens is 242 g/mol. The zero-order valence-corrected chi connectivity index (χ0v) is 11.1. The van der Waals surface area contributed by atoms with E-state index in [1.165, 1.54) is 23.6 Å². The number of hydrogen-bond donors (Lipinski definition) is 1. The van der Waals surface area contributed by atoms with Crippen LogP contribution in [0.4, 0.5) is 5.69 Å². The minimum absolute atomic E-state index is 0.823. The summed E-state index contributed by atoms with van der Waals surface area (Å²) in [6.45, 7) is 1.08. The van der Waals surface area contributed by atoms with Crippen molar-refractivity contribution in [1.29, 1.82) is 0 Å². The molecule has 94 valence electrons. The number of nitrogens with zero attached hydrogens (tertiary/aromatic N) is 2. The Morgan fingerprint density at radius 2 is 2.39 bits per heavy atom. The molecule has 3 nitrogen and oxygen atoms in total. The van der Waals surface area contributed by atoms with Gasteiger partial charge in [-0.25, -0.2) is 4.68 Å². The van der Waals surface area contributed by atoms with E-state index in [0.29, 0.717) is 0 Å². The molecule has 1 aromatic carbocycles. The average Bonchev–Trinajstić information content (AvgIpc) is 3.10. The Morgan fingerprint density at radius 1 is 1.39 bits per heavy atom. The Morgan fingerprint density at radius 3 is 3.17 bits per heavy atom. The van der Waals surface area contributed by atoms with Crippen LogP contribution in [0.5, 0.6) is 0 Å². The van der Waals surface area contributed by atoms with Gasteiger partial charge in [-0.1, -0.05) is 6.07 Å². The van der Waals surface area contributed by atoms with Gasteiger partial charge in [-0.2, -0.15) is 16.9 Å². The van der Waals surface area contributed by atoms with Crippen LogP contribution in [0.1, 0.15) is 6.42 Å². The van der Waals surface area contributed by atoms with E-state index in [0.717, 1.165) is 18.2 Å². The lowest BCUT2D eigenvalue weighted by atomic mass is 10.1. The van der Waals surface area contributed by atoms with E-state index >= 15 is 0 Å². The molecule has 1 saturated heterocycles. The Balaban J connectivity index is 1.67. The molecule has 18 heavy (non-hydrogen) atoms. The van der Waals surface area contributed by atoms with Crippen molar-refractivity contribution in [1.82, 2.24) is 9.78 Å². The summed E-state index contributed by atoms with van der Waals surface area (Å²) in [5, 5.41) is 7.79. The molecule has 0 saturated carbocycles. The van der Waals surface area contributed by atoms with Gasteiger partial charge < -0.3 is 5.32 Å². The van der Waals surface area contributed by atoms with E-state index < -0.39 is 0 Å². The molecule has 4 heteroatoms. The van der Waals surface area contributed by atoms with Crippen molar-refractivity contribution >= 4 is 17.4 Å². The number of aromatic nitrogens is 2. The molecule has 0 spiro atoms. The van der Waals surface area contributed by atoms with Gasteiger partial charge in [0.1, 0.15) is 0 Å². The van der Waals surface area contributed by atoms with E-state index in [4.69, 9.17) is 0 Å². The normalized spacial score (nSPS) is 19.0. The summed E-state index contributed by atoms with van der Waals surface area (Å²) < 4.78 is 1.89. The summed E-state index contributed by atoms with van der Waals surface area (Å²) >= 11 is 2.06. The molecule has 1 unspecified atom stereocenters. The molecule has 2 aromatic rings. The fourth-order valence-corrected chi connectivity index (χ4v) is 3.47. The lowest BCUT2D eigenvalue weighted by molar-refractivity contribution is 0.632. The Labute approximate surface area is 112 Å². The van der Waals surface area contributed by atoms with Crippen molar-refractivity contribution < 1.29 is 0 Å². The van der Waals surface area contributed by atoms with Gasteiger partial charge >= 0.3 is 0 Å². The minimum atomic E-state index is 0.823. The van der Waals surface area contributed by atoms with Crippen LogP contribution < -0.4 is 5.32 Å². The van der Waals surface area contributed by atoms with Gasteiger partial charge in [-0.05, 0) is 48.1 Å². The molecule has 0 aliphatic carbocycles. The van der Waals surface area contributed by atoms with Crippen LogP contribution in [-0.4, -0.2) is 27.8 Å². The van der Waals surface area contributed by atoms with Crippen molar-refractivity contribution in [3.8, 4) is 5.69 Å². The maximum Gasteiger partial charge on any atom is 0.0666 e. The summed E-state index contributed by atoms with van der Waals surface area (Å²) in [6.07, 6.45) is 5.11. The standard InChI is InChI=1S/C14H17N3S/c1-3-13(15-10-12-5-8-18-11-12)9-14(4-1)17-7-2-6-16-17/h1-4,6-7,9,12,15H,5,8,10-11H2. The second-order valence-corrected chi connectivity index (χ2v) is 5.76. The van der Waals surface area contributed by atoms with Gasteiger partial charge in [0.2, 0.25) is 0 Å². The highest BCUT2D eigenvalue weighted by atomic mass is 32.2. The molecule has 1 aliphatic rings. The van der Waals surface area contributed by atoms with E-state index in [2.05, 4.69) is 46.4 Å². The monoisotopic (exact) mass is 259 g/mol. The molecule has 1 aliphatic heterocycles. The molecule has 1 fully saturated rings. The Hall–Kier alpha value is -1.42. The number of rotatable bonds is 4. The Bertz CT molecular complexity index is 490. The number of hydrogen-bond acceptors (Lipinski definition) is 3. The van der Waals surface area contributed by atoms with Crippen LogP contribution in [0.25, 0.3) is 5.69 Å². The summed E-state index contributed by atoms with van der Waals surface area (Å²) in [6, 6.07) is 10.4. The number of thioether (sulfide) groups is 1. The van der Waals surface area contributed by atoms with Crippen LogP contribution in [-0.2, 0) is 0 Å². The van der Waals surface area contributed by atoms with Crippen LogP contribution >= 0.6 is 11.8 Å². The lowest BCUT2D eigenvalue weighted by Crippen LogP contribution is -2.13. The van der Waals surface area contributed by atoms with Crippen LogP contribution in [0.15, 0.2) is 42.7 Å². The maximum absolute atomic E-state index is 4.25. The molecular formula is C14H17N3S. The largest absolute Gasteiger partial charge is 0.385 e. The minimum Gasteiger partial charge on any atom is -0.385 e. The van der Waals surface area contributed by atoms with Gasteiger partial charge in [0, 0.05) is 24.6 Å². The highest BCUT2D eigenvalue weighted by Crippen LogP contribution is 2.24. The van der Waals surface area contributed by atoms with Crippen molar-refractivity contribution in [3.05, 3.63) is 42.7 Å². The van der Waals surface area contributed by atoms with Crippen LogP contribution in [0.2, 0.25) is 0 Å². The zero-order chi connectivity index (χ0) is 12.2. The summed E-state index contributed by atoms with van der Waals surface area (Å²) in [5.74, 6) is 3.44. The number of nitrogens with one attached hydrogen (secondary N) is 1. The first-order chi connectivity index (χ1) is 8.92. The number of anilines is 1. The zero-order valence-electron chi connectivity index (χ0n) is 10.2. The molecule has 1 atom stereocenters. The maximum atomic E-state index is 4.25. The topological polar surface area (TPSA) is 29.9 Å². The predicted molar refractivity (Wildman–Crippen MR) is 77.5 cm³/mol. The fraction of sp³-hybridized carbons (Fsp3) is 0.357. The first-order valence-electron chi connectivity index (χ1n) is 6.33. The van der Waals surface area contributed by atoms with Crippen LogP contribution in [0, 0.1) is 5.92 Å². The second-order valence-electron chi connectivity index (χ2n) is 4.61. The average molecular weight is 259 g/mol. The third-order valence-electron chi connectivity index (χ3n) is 3.23. The fourth-order valence-electron chi connectivity index (χ4n) is 2.19. The molecule has 1 aromatic heterocycles. The van der Waals surface area contributed by atoms with Crippen molar-refractivity contribution in [2.45, 2.75) is 6.42 Å². The molecule has 1 N–H and O–H groups in total. The van der Waals surface area contributed by atoms with E-state index in [-0.39, 0.29) is 0 Å². The Kier molecular flexibility index (Phi) is 3.55. The first-order valence-corrected chi connectivity index (χ1v) is 7.49. The van der Waals surface area contributed by atoms with E-state index in [9.17, 15) is 0 Å². The van der Waals surface area contributed by atoms with Crippen molar-refractivity contribution in [3.63, 3.8) is 0 Å². The molecule has 0 bridgehead atoms. The van der Waals surface area contributed by atoms with Crippen molar-refractivity contribution in [2.24, 2.45) is 5.92 Å². The summed E-state index contributed by atoms with van der Waals surface area (Å²) in [7, 11) is 0. The van der Waals surface area contributed by atoms with Gasteiger partial charge in [0.15, 0.2) is 0 Å². The highest BCUT2D eigenvalue weighted by Gasteiger charge is 2.14. The molecule has 2 heterocycles. The first kappa shape index (κ1) is 11.7. The molecule has 0 amide bonds. The molecule has 3 rings (SSSR count). The SMILES string of the molecule is c1cc(NCC2CCSC2)cc(-n2cccn2)c1. The van der Waals surface area contributed by atoms with Crippen LogP contribution in [0.3, 0.4) is 0 Å². The third kappa shape index (κ3) is 2.70. The quantitative estimate of drug-likeness (QED) is 0.915. The summed E-state index contributed by atoms with van der Waals surface area (Å²) in [5.41, 5.74) is 2.28.